The minimum Gasteiger partial charge on any atom is -0.389 e. The van der Waals surface area contributed by atoms with Crippen molar-refractivity contribution in [1.29, 1.82) is 0 Å². The van der Waals surface area contributed by atoms with Crippen molar-refractivity contribution in [2.24, 2.45) is 0 Å². The summed E-state index contributed by atoms with van der Waals surface area (Å²) in [5.41, 5.74) is 0. The number of fused-ring (bicyclic) bond motifs is 1. The Balaban J connectivity index is 1.83. The molecule has 1 aromatic carbocycles. The van der Waals surface area contributed by atoms with Gasteiger partial charge in [0.1, 0.15) is 0 Å². The molecule has 1 N–H and O–H groups in total. The van der Waals surface area contributed by atoms with Crippen LogP contribution in [0.4, 0.5) is 0 Å². The lowest BCUT2D eigenvalue weighted by Gasteiger charge is -2.43. The molecular weight excluding hydrogens is 384 g/mol. The van der Waals surface area contributed by atoms with Crippen LogP contribution in [0.25, 0.3) is 0 Å². The smallest absolute Gasteiger partial charge is 0.243 e. The number of aliphatic hydroxyl groups excluding tert-OH is 1. The zero-order chi connectivity index (χ0) is 20.3. The van der Waals surface area contributed by atoms with Crippen LogP contribution in [0.3, 0.4) is 0 Å². The third-order valence-corrected chi connectivity index (χ3v) is 7.09. The van der Waals surface area contributed by atoms with E-state index < -0.39 is 28.3 Å². The predicted octanol–water partition coefficient (Wildman–Crippen LogP) is 0.463. The Hall–Kier alpha value is -1.52. The molecular formula is C19H28N2O6S. The number of ether oxygens (including phenoxy) is 2. The molecule has 156 valence electrons. The van der Waals surface area contributed by atoms with Gasteiger partial charge in [-0.25, -0.2) is 8.42 Å². The van der Waals surface area contributed by atoms with Crippen LogP contribution in [-0.4, -0.2) is 86.8 Å². The summed E-state index contributed by atoms with van der Waals surface area (Å²) in [6.07, 6.45) is -0.308. The van der Waals surface area contributed by atoms with Gasteiger partial charge in [0, 0.05) is 20.6 Å². The van der Waals surface area contributed by atoms with E-state index >= 15 is 0 Å². The Morgan fingerprint density at radius 2 is 1.93 bits per heavy atom. The third-order valence-electron chi connectivity index (χ3n) is 5.18. The Kier molecular flexibility index (Phi) is 6.72. The van der Waals surface area contributed by atoms with E-state index in [1.165, 1.54) is 9.21 Å². The first-order chi connectivity index (χ1) is 13.3. The first kappa shape index (κ1) is 21.2. The predicted molar refractivity (Wildman–Crippen MR) is 102 cm³/mol. The topological polar surface area (TPSA) is 96.4 Å². The van der Waals surface area contributed by atoms with Crippen LogP contribution in [0.2, 0.25) is 0 Å². The maximum Gasteiger partial charge on any atom is 0.243 e. The van der Waals surface area contributed by atoms with Crippen molar-refractivity contribution >= 4 is 15.9 Å². The molecule has 1 amide bonds. The lowest BCUT2D eigenvalue weighted by molar-refractivity contribution is -0.150. The van der Waals surface area contributed by atoms with Gasteiger partial charge >= 0.3 is 0 Å². The van der Waals surface area contributed by atoms with Gasteiger partial charge in [0.2, 0.25) is 15.9 Å². The summed E-state index contributed by atoms with van der Waals surface area (Å²) in [5, 5.41) is 10.2. The fraction of sp³-hybridized carbons (Fsp3) is 0.632. The van der Waals surface area contributed by atoms with Crippen molar-refractivity contribution in [1.82, 2.24) is 9.21 Å². The molecule has 8 nitrogen and oxygen atoms in total. The monoisotopic (exact) mass is 412 g/mol. The van der Waals surface area contributed by atoms with E-state index in [9.17, 15) is 18.3 Å². The fourth-order valence-electron chi connectivity index (χ4n) is 3.68. The van der Waals surface area contributed by atoms with E-state index in [0.717, 1.165) is 0 Å². The zero-order valence-corrected chi connectivity index (χ0v) is 17.0. The quantitative estimate of drug-likeness (QED) is 0.772. The third kappa shape index (κ3) is 4.72. The molecule has 2 heterocycles. The average molecular weight is 413 g/mol. The van der Waals surface area contributed by atoms with Crippen LogP contribution in [0.5, 0.6) is 0 Å². The Bertz CT molecular complexity index is 770. The van der Waals surface area contributed by atoms with Gasteiger partial charge in [0.25, 0.3) is 0 Å². The van der Waals surface area contributed by atoms with Gasteiger partial charge in [-0.05, 0) is 25.0 Å². The highest BCUT2D eigenvalue weighted by atomic mass is 32.2. The van der Waals surface area contributed by atoms with E-state index in [2.05, 4.69) is 0 Å². The lowest BCUT2D eigenvalue weighted by Crippen LogP contribution is -2.57. The molecule has 0 spiro atoms. The van der Waals surface area contributed by atoms with Gasteiger partial charge in [0.15, 0.2) is 0 Å². The summed E-state index contributed by atoms with van der Waals surface area (Å²) in [4.78, 5) is 13.7. The number of amides is 1. The second-order valence-electron chi connectivity index (χ2n) is 7.51. The molecule has 0 unspecified atom stereocenters. The van der Waals surface area contributed by atoms with E-state index in [-0.39, 0.29) is 43.1 Å². The standard InChI is InChI=1S/C19H28N2O6S/c1-20(2)19(23)10-15-8-9-17-18(27-15)13-26-12-14(22)11-21(17)28(24,25)16-6-4-3-5-7-16/h3-7,14-15,17-18,22H,8-13H2,1-2H3/t14-,15-,17+,18-/m0/s1. The molecule has 0 saturated carbocycles. The van der Waals surface area contributed by atoms with Crippen LogP contribution in [0.1, 0.15) is 19.3 Å². The molecule has 2 aliphatic rings. The number of rotatable bonds is 4. The van der Waals surface area contributed by atoms with Gasteiger partial charge in [-0.15, -0.1) is 0 Å². The molecule has 2 aliphatic heterocycles. The molecule has 4 atom stereocenters. The number of aliphatic hydroxyl groups is 1. The Morgan fingerprint density at radius 1 is 1.21 bits per heavy atom. The number of hydrogen-bond acceptors (Lipinski definition) is 6. The fourth-order valence-corrected chi connectivity index (χ4v) is 5.41. The van der Waals surface area contributed by atoms with Crippen LogP contribution in [0, 0.1) is 0 Å². The second-order valence-corrected chi connectivity index (χ2v) is 9.40. The van der Waals surface area contributed by atoms with Crippen LogP contribution in [-0.2, 0) is 24.3 Å². The number of nitrogens with zero attached hydrogens (tertiary/aromatic N) is 2. The molecule has 0 radical (unpaired) electrons. The van der Waals surface area contributed by atoms with Crippen molar-refractivity contribution < 1.29 is 27.8 Å². The molecule has 28 heavy (non-hydrogen) atoms. The van der Waals surface area contributed by atoms with E-state index in [4.69, 9.17) is 9.47 Å². The molecule has 2 saturated heterocycles. The SMILES string of the molecule is CN(C)C(=O)C[C@@H]1CC[C@@H]2[C@H](COC[C@@H](O)CN2S(=O)(=O)c2ccccc2)O1. The van der Waals surface area contributed by atoms with Crippen LogP contribution >= 0.6 is 0 Å². The van der Waals surface area contributed by atoms with Crippen LogP contribution < -0.4 is 0 Å². The summed E-state index contributed by atoms with van der Waals surface area (Å²) in [5.74, 6) is -0.0283. The zero-order valence-electron chi connectivity index (χ0n) is 16.2. The maximum absolute atomic E-state index is 13.3. The molecule has 0 aliphatic carbocycles. The molecule has 3 rings (SSSR count). The molecule has 0 aromatic heterocycles. The minimum absolute atomic E-state index is 0.0283. The number of β-amino-alcohol motifs (C(OH)–C–C–N with tert-alkyl or cyclic N) is 1. The highest BCUT2D eigenvalue weighted by Gasteiger charge is 2.43. The number of hydrogen-bond donors (Lipinski definition) is 1. The van der Waals surface area contributed by atoms with E-state index in [1.54, 1.807) is 44.4 Å². The van der Waals surface area contributed by atoms with Crippen molar-refractivity contribution in [3.8, 4) is 0 Å². The minimum atomic E-state index is -3.80. The van der Waals surface area contributed by atoms with Gasteiger partial charge in [-0.1, -0.05) is 18.2 Å². The summed E-state index contributed by atoms with van der Waals surface area (Å²) >= 11 is 0. The number of carbonyl (C=O) groups is 1. The summed E-state index contributed by atoms with van der Waals surface area (Å²) in [6, 6.07) is 7.75. The van der Waals surface area contributed by atoms with E-state index in [0.29, 0.717) is 12.8 Å². The van der Waals surface area contributed by atoms with Gasteiger partial charge in [0.05, 0.1) is 48.9 Å². The summed E-state index contributed by atoms with van der Waals surface area (Å²) in [6.45, 7) is 0.160. The first-order valence-electron chi connectivity index (χ1n) is 9.47. The highest BCUT2D eigenvalue weighted by Crippen LogP contribution is 2.31. The largest absolute Gasteiger partial charge is 0.389 e. The molecule has 9 heteroatoms. The van der Waals surface area contributed by atoms with Gasteiger partial charge in [-0.2, -0.15) is 4.31 Å². The average Bonchev–Trinajstić information content (AvgIpc) is 2.65. The molecule has 1 aromatic rings. The highest BCUT2D eigenvalue weighted by molar-refractivity contribution is 7.89. The number of carbonyl (C=O) groups excluding carboxylic acids is 1. The van der Waals surface area contributed by atoms with Crippen LogP contribution in [0.15, 0.2) is 35.2 Å². The van der Waals surface area contributed by atoms with Crippen molar-refractivity contribution in [2.75, 3.05) is 33.9 Å². The second kappa shape index (κ2) is 8.87. The van der Waals surface area contributed by atoms with Crippen molar-refractivity contribution in [2.45, 2.75) is 48.5 Å². The van der Waals surface area contributed by atoms with Crippen molar-refractivity contribution in [3.63, 3.8) is 0 Å². The normalized spacial score (nSPS) is 29.4. The summed E-state index contributed by atoms with van der Waals surface area (Å²) < 4.78 is 39.5. The first-order valence-corrected chi connectivity index (χ1v) is 10.9. The van der Waals surface area contributed by atoms with Crippen molar-refractivity contribution in [3.05, 3.63) is 30.3 Å². The van der Waals surface area contributed by atoms with Gasteiger partial charge in [-0.3, -0.25) is 4.79 Å². The Labute approximate surface area is 166 Å². The summed E-state index contributed by atoms with van der Waals surface area (Å²) in [7, 11) is -0.403. The number of sulfonamides is 1. The van der Waals surface area contributed by atoms with E-state index in [1.807, 2.05) is 0 Å². The molecule has 0 bridgehead atoms. The maximum atomic E-state index is 13.3. The molecule has 2 fully saturated rings. The van der Waals surface area contributed by atoms with Gasteiger partial charge < -0.3 is 19.5 Å². The lowest BCUT2D eigenvalue weighted by atomic mass is 9.96. The Morgan fingerprint density at radius 3 is 2.61 bits per heavy atom. The number of benzene rings is 1.